The second-order valence-electron chi connectivity index (χ2n) is 15.5. The summed E-state index contributed by atoms with van der Waals surface area (Å²) >= 11 is 0.956. The minimum Gasteiger partial charge on any atom is -0.489 e. The molecule has 1 fully saturated rings. The van der Waals surface area contributed by atoms with E-state index in [0.29, 0.717) is 31.3 Å². The highest BCUT2D eigenvalue weighted by molar-refractivity contribution is 7.14. The Bertz CT molecular complexity index is 1850. The van der Waals surface area contributed by atoms with E-state index in [0.717, 1.165) is 27.9 Å². The number of amides is 2. The quantitative estimate of drug-likeness (QED) is 0.0708. The van der Waals surface area contributed by atoms with Crippen LogP contribution in [0.3, 0.4) is 0 Å². The Morgan fingerprint density at radius 1 is 0.981 bits per heavy atom. The van der Waals surface area contributed by atoms with Crippen LogP contribution in [0.25, 0.3) is 10.8 Å². The molecule has 0 aliphatic carbocycles. The highest BCUT2D eigenvalue weighted by atomic mass is 32.1. The molecule has 3 heterocycles. The number of aromatic nitrogens is 2. The van der Waals surface area contributed by atoms with Gasteiger partial charge in [-0.05, 0) is 79.8 Å². The molecule has 16 nitrogen and oxygen atoms in total. The normalized spacial score (nSPS) is 14.5. The number of fused-ring (bicyclic) bond motifs is 1. The molecule has 0 bridgehead atoms. The van der Waals surface area contributed by atoms with Gasteiger partial charge >= 0.3 is 24.1 Å². The molecular formula is C36H49N6O10S+. The van der Waals surface area contributed by atoms with Crippen LogP contribution >= 0.6 is 11.3 Å². The number of carbonyl (C=O) groups is 4. The van der Waals surface area contributed by atoms with Gasteiger partial charge < -0.3 is 33.8 Å². The van der Waals surface area contributed by atoms with Crippen molar-refractivity contribution in [2.45, 2.75) is 85.2 Å². The van der Waals surface area contributed by atoms with E-state index in [9.17, 15) is 24.3 Å². The minimum absolute atomic E-state index is 0.0767. The third-order valence-corrected chi connectivity index (χ3v) is 7.90. The number of aliphatic carboxylic acids is 1. The van der Waals surface area contributed by atoms with E-state index in [1.165, 1.54) is 5.38 Å². The lowest BCUT2D eigenvalue weighted by Gasteiger charge is -2.38. The smallest absolute Gasteiger partial charge is 0.413 e. The van der Waals surface area contributed by atoms with Gasteiger partial charge in [0.05, 0.1) is 19.8 Å². The molecule has 2 amide bonds. The molecule has 1 aliphatic heterocycles. The predicted molar refractivity (Wildman–Crippen MR) is 197 cm³/mol. The zero-order valence-electron chi connectivity index (χ0n) is 31.8. The van der Waals surface area contributed by atoms with E-state index >= 15 is 0 Å². The lowest BCUT2D eigenvalue weighted by atomic mass is 10.0. The second kappa shape index (κ2) is 16.2. The molecule has 0 spiro atoms. The minimum atomic E-state index is -1.48. The van der Waals surface area contributed by atoms with Crippen LogP contribution in [-0.2, 0) is 35.7 Å². The summed E-state index contributed by atoms with van der Waals surface area (Å²) in [7, 11) is 1.91. The molecule has 1 saturated heterocycles. The number of ether oxygens (including phenoxy) is 4. The van der Waals surface area contributed by atoms with Crippen LogP contribution in [0, 0.1) is 5.92 Å². The highest BCUT2D eigenvalue weighted by Crippen LogP contribution is 2.25. The first-order valence-corrected chi connectivity index (χ1v) is 17.9. The topological polar surface area (TPSA) is 191 Å². The zero-order valence-corrected chi connectivity index (χ0v) is 32.6. The van der Waals surface area contributed by atoms with Gasteiger partial charge in [0, 0.05) is 35.8 Å². The fraction of sp³-hybridized carbons (Fsp3) is 0.528. The van der Waals surface area contributed by atoms with Crippen LogP contribution in [0.5, 0.6) is 5.75 Å². The van der Waals surface area contributed by atoms with Gasteiger partial charge in [-0.2, -0.15) is 0 Å². The maximum atomic E-state index is 13.1. The van der Waals surface area contributed by atoms with Gasteiger partial charge in [0.1, 0.15) is 34.9 Å². The molecule has 2 aromatic heterocycles. The van der Waals surface area contributed by atoms with E-state index < -0.39 is 46.7 Å². The first-order valence-electron chi connectivity index (χ1n) is 17.0. The van der Waals surface area contributed by atoms with Crippen molar-refractivity contribution in [1.29, 1.82) is 0 Å². The third kappa shape index (κ3) is 12.5. The van der Waals surface area contributed by atoms with Gasteiger partial charge in [0.15, 0.2) is 5.13 Å². The number of nitrogens with one attached hydrogen (secondary N) is 2. The van der Waals surface area contributed by atoms with Crippen molar-refractivity contribution in [3.63, 3.8) is 0 Å². The van der Waals surface area contributed by atoms with E-state index in [-0.39, 0.29) is 23.5 Å². The number of carboxylic acids is 1. The number of rotatable bonds is 12. The van der Waals surface area contributed by atoms with Crippen LogP contribution in [0.2, 0.25) is 0 Å². The number of anilines is 2. The molecule has 4 rings (SSSR count). The Morgan fingerprint density at radius 2 is 1.64 bits per heavy atom. The average Bonchev–Trinajstić information content (AvgIpc) is 3.42. The van der Waals surface area contributed by atoms with E-state index in [1.54, 1.807) is 58.6 Å². The SMILES string of the molecule is C[n+]1cc2cc(OC[C@H](O/N=C(\C(=O)O)c3csc(NC(=O)OC(C)(C)C)n3)C(=O)OC(C)(C)C)ccc2cc1NCC1CN(C(=O)OC(C)(C)C)C1. The summed E-state index contributed by atoms with van der Waals surface area (Å²) in [5.74, 6) is -0.688. The third-order valence-electron chi connectivity index (χ3n) is 7.14. The van der Waals surface area contributed by atoms with Gasteiger partial charge in [-0.15, -0.1) is 11.3 Å². The summed E-state index contributed by atoms with van der Waals surface area (Å²) in [6, 6.07) is 7.42. The molecule has 1 aliphatic rings. The lowest BCUT2D eigenvalue weighted by Crippen LogP contribution is -2.53. The molecule has 17 heteroatoms. The van der Waals surface area contributed by atoms with Crippen molar-refractivity contribution < 1.29 is 52.6 Å². The van der Waals surface area contributed by atoms with E-state index in [1.807, 2.05) is 50.7 Å². The Balaban J connectivity index is 1.42. The van der Waals surface area contributed by atoms with Crippen LogP contribution < -0.4 is 19.9 Å². The number of nitrogens with zero attached hydrogens (tertiary/aromatic N) is 4. The van der Waals surface area contributed by atoms with Crippen molar-refractivity contribution in [3.05, 3.63) is 41.5 Å². The van der Waals surface area contributed by atoms with Crippen molar-refractivity contribution in [3.8, 4) is 5.75 Å². The Kier molecular flexibility index (Phi) is 12.4. The maximum absolute atomic E-state index is 13.1. The van der Waals surface area contributed by atoms with Crippen LogP contribution in [0.1, 0.15) is 68.0 Å². The fourth-order valence-electron chi connectivity index (χ4n) is 4.84. The Labute approximate surface area is 312 Å². The number of carboxylic acid groups (broad SMARTS) is 1. The number of esters is 1. The first kappa shape index (κ1) is 40.6. The number of likely N-dealkylation sites (tertiary alicyclic amines) is 1. The summed E-state index contributed by atoms with van der Waals surface area (Å²) in [5.41, 5.74) is -2.87. The summed E-state index contributed by atoms with van der Waals surface area (Å²) < 4.78 is 24.0. The van der Waals surface area contributed by atoms with Crippen molar-refractivity contribution in [2.24, 2.45) is 18.1 Å². The summed E-state index contributed by atoms with van der Waals surface area (Å²) in [4.78, 5) is 60.9. The standard InChI is InChI=1S/C36H48N6O10S/c1-34(2,3)49-30(45)26(52-40-28(29(43)44)25-20-53-31(38-25)39-32(46)50-35(4,5)6)19-48-24-12-11-22-14-27(41(10)18-23(22)13-24)37-15-21-16-42(17-21)33(47)51-36(7,8)9/h11-14,18,20-21,26H,15-17,19H2,1-10H3,(H2,38,39,43,44,46)/p+1/b40-28-/t26-/m0/s1. The number of benzene rings is 1. The van der Waals surface area contributed by atoms with Gasteiger partial charge in [-0.1, -0.05) is 11.2 Å². The maximum Gasteiger partial charge on any atom is 0.413 e. The zero-order chi connectivity index (χ0) is 39.3. The molecule has 0 saturated carbocycles. The monoisotopic (exact) mass is 757 g/mol. The number of aryl methyl sites for hydroxylation is 1. The van der Waals surface area contributed by atoms with E-state index in [2.05, 4.69) is 20.8 Å². The van der Waals surface area contributed by atoms with Crippen LogP contribution in [0.4, 0.5) is 20.5 Å². The predicted octanol–water partition coefficient (Wildman–Crippen LogP) is 5.34. The number of oxime groups is 1. The molecule has 288 valence electrons. The number of hydrogen-bond acceptors (Lipinski definition) is 13. The highest BCUT2D eigenvalue weighted by Gasteiger charge is 2.35. The van der Waals surface area contributed by atoms with Crippen molar-refractivity contribution >= 4 is 62.9 Å². The number of hydrogen-bond donors (Lipinski definition) is 3. The fourth-order valence-corrected chi connectivity index (χ4v) is 5.52. The molecule has 1 aromatic carbocycles. The van der Waals surface area contributed by atoms with Gasteiger partial charge in [-0.25, -0.2) is 28.7 Å². The molecule has 1 atom stereocenters. The molecule has 0 radical (unpaired) electrons. The summed E-state index contributed by atoms with van der Waals surface area (Å²) in [6.07, 6.45) is -0.574. The van der Waals surface area contributed by atoms with Crippen LogP contribution in [0.15, 0.2) is 41.0 Å². The molecule has 53 heavy (non-hydrogen) atoms. The second-order valence-corrected chi connectivity index (χ2v) is 16.4. The van der Waals surface area contributed by atoms with Gasteiger partial charge in [0.2, 0.25) is 5.71 Å². The van der Waals surface area contributed by atoms with Crippen LogP contribution in [-0.4, -0.2) is 94.0 Å². The van der Waals surface area contributed by atoms with Crippen molar-refractivity contribution in [2.75, 3.05) is 36.9 Å². The Morgan fingerprint density at radius 3 is 2.26 bits per heavy atom. The van der Waals surface area contributed by atoms with Crippen molar-refractivity contribution in [1.82, 2.24) is 9.88 Å². The molecular weight excluding hydrogens is 708 g/mol. The molecule has 0 unspecified atom stereocenters. The molecule has 3 aromatic rings. The number of pyridine rings is 1. The van der Waals surface area contributed by atoms with E-state index in [4.69, 9.17) is 23.8 Å². The first-order chi connectivity index (χ1) is 24.5. The average molecular weight is 758 g/mol. The summed E-state index contributed by atoms with van der Waals surface area (Å²) in [6.45, 7) is 17.3. The Hall–Kier alpha value is -5.19. The summed E-state index contributed by atoms with van der Waals surface area (Å²) in [5, 5.41) is 22.8. The molecule has 3 N–H and O–H groups in total. The van der Waals surface area contributed by atoms with Gasteiger partial charge in [-0.3, -0.25) is 10.6 Å². The lowest BCUT2D eigenvalue weighted by molar-refractivity contribution is -0.655. The number of carbonyl (C=O) groups excluding carboxylic acids is 3. The van der Waals surface area contributed by atoms with Gasteiger partial charge in [0.25, 0.3) is 11.9 Å². The number of thiazole rings is 1. The largest absolute Gasteiger partial charge is 0.489 e.